The molecule has 0 aliphatic rings. The second-order valence-electron chi connectivity index (χ2n) is 6.41. The molecule has 0 nitrogen and oxygen atoms in total. The molecule has 0 saturated carbocycles. The SMILES string of the molecule is [B]c1cc(C)c(-c2c(C)cc([B])c3ccccc23)c2ccccc12. The first kappa shape index (κ1) is 15.1. The highest BCUT2D eigenvalue weighted by Gasteiger charge is 2.15. The first-order valence-electron chi connectivity index (χ1n) is 8.14. The van der Waals surface area contributed by atoms with Gasteiger partial charge in [0.05, 0.1) is 0 Å². The first-order chi connectivity index (χ1) is 11.6. The van der Waals surface area contributed by atoms with Crippen LogP contribution in [-0.2, 0) is 0 Å². The molecule has 0 aromatic heterocycles. The summed E-state index contributed by atoms with van der Waals surface area (Å²) in [6, 6.07) is 20.8. The molecule has 0 saturated heterocycles. The van der Waals surface area contributed by atoms with Crippen molar-refractivity contribution in [1.82, 2.24) is 0 Å². The van der Waals surface area contributed by atoms with Crippen molar-refractivity contribution < 1.29 is 0 Å². The molecule has 0 N–H and O–H groups in total. The van der Waals surface area contributed by atoms with Crippen molar-refractivity contribution in [1.29, 1.82) is 0 Å². The molecule has 110 valence electrons. The van der Waals surface area contributed by atoms with E-state index in [1.54, 1.807) is 0 Å². The Morgan fingerprint density at radius 2 is 0.875 bits per heavy atom. The van der Waals surface area contributed by atoms with Crippen LogP contribution in [-0.4, -0.2) is 15.7 Å². The van der Waals surface area contributed by atoms with Crippen molar-refractivity contribution in [3.8, 4) is 11.1 Å². The van der Waals surface area contributed by atoms with Crippen molar-refractivity contribution in [2.24, 2.45) is 0 Å². The van der Waals surface area contributed by atoms with Gasteiger partial charge in [0.15, 0.2) is 0 Å². The van der Waals surface area contributed by atoms with Crippen molar-refractivity contribution in [2.75, 3.05) is 0 Å². The lowest BCUT2D eigenvalue weighted by molar-refractivity contribution is 1.46. The molecular formula is C22H16B2. The van der Waals surface area contributed by atoms with Gasteiger partial charge in [-0.3, -0.25) is 0 Å². The monoisotopic (exact) mass is 302 g/mol. The summed E-state index contributed by atoms with van der Waals surface area (Å²) in [7, 11) is 12.5. The Bertz CT molecular complexity index is 1000. The zero-order chi connectivity index (χ0) is 16.8. The van der Waals surface area contributed by atoms with Gasteiger partial charge in [0.2, 0.25) is 0 Å². The van der Waals surface area contributed by atoms with Gasteiger partial charge < -0.3 is 0 Å². The van der Waals surface area contributed by atoms with E-state index >= 15 is 0 Å². The lowest BCUT2D eigenvalue weighted by Crippen LogP contribution is -2.09. The highest BCUT2D eigenvalue weighted by Crippen LogP contribution is 2.37. The van der Waals surface area contributed by atoms with Crippen LogP contribution in [0.2, 0.25) is 0 Å². The summed E-state index contributed by atoms with van der Waals surface area (Å²) in [5, 5.41) is 4.57. The van der Waals surface area contributed by atoms with Gasteiger partial charge in [-0.1, -0.05) is 71.6 Å². The minimum Gasteiger partial charge on any atom is -0.0887 e. The highest BCUT2D eigenvalue weighted by molar-refractivity contribution is 6.41. The van der Waals surface area contributed by atoms with E-state index in [1.165, 1.54) is 33.0 Å². The fourth-order valence-corrected chi connectivity index (χ4v) is 3.76. The molecule has 0 amide bonds. The van der Waals surface area contributed by atoms with Gasteiger partial charge in [-0.2, -0.15) is 0 Å². The average molecular weight is 302 g/mol. The topological polar surface area (TPSA) is 0 Å². The normalized spacial score (nSPS) is 11.2. The number of fused-ring (bicyclic) bond motifs is 2. The van der Waals surface area contributed by atoms with Crippen molar-refractivity contribution in [2.45, 2.75) is 13.8 Å². The van der Waals surface area contributed by atoms with Gasteiger partial charge in [0, 0.05) is 0 Å². The Morgan fingerprint density at radius 1 is 0.542 bits per heavy atom. The predicted octanol–water partition coefficient (Wildman–Crippen LogP) is 3.86. The zero-order valence-corrected chi connectivity index (χ0v) is 13.9. The second-order valence-corrected chi connectivity index (χ2v) is 6.41. The highest BCUT2D eigenvalue weighted by atomic mass is 14.2. The summed E-state index contributed by atoms with van der Waals surface area (Å²) >= 11 is 0. The van der Waals surface area contributed by atoms with Crippen LogP contribution in [0.25, 0.3) is 32.7 Å². The van der Waals surface area contributed by atoms with E-state index in [-0.39, 0.29) is 0 Å². The molecular weight excluding hydrogens is 286 g/mol. The van der Waals surface area contributed by atoms with Crippen LogP contribution < -0.4 is 10.9 Å². The molecule has 0 spiro atoms. The fraction of sp³-hybridized carbons (Fsp3) is 0.0909. The summed E-state index contributed by atoms with van der Waals surface area (Å²) in [5.74, 6) is 0. The molecule has 2 heteroatoms. The molecule has 4 aromatic carbocycles. The van der Waals surface area contributed by atoms with Crippen LogP contribution in [0.1, 0.15) is 11.1 Å². The Labute approximate surface area is 145 Å². The lowest BCUT2D eigenvalue weighted by Gasteiger charge is -2.19. The van der Waals surface area contributed by atoms with E-state index in [0.717, 1.165) is 21.7 Å². The molecule has 0 fully saturated rings. The first-order valence-corrected chi connectivity index (χ1v) is 8.14. The minimum atomic E-state index is 0.823. The minimum absolute atomic E-state index is 0.823. The Kier molecular flexibility index (Phi) is 3.49. The van der Waals surface area contributed by atoms with Crippen LogP contribution in [0.4, 0.5) is 0 Å². The molecule has 0 unspecified atom stereocenters. The van der Waals surface area contributed by atoms with Gasteiger partial charge in [0.1, 0.15) is 15.7 Å². The Morgan fingerprint density at radius 3 is 1.25 bits per heavy atom. The van der Waals surface area contributed by atoms with Crippen molar-refractivity contribution in [3.05, 3.63) is 71.8 Å². The molecule has 4 aromatic rings. The maximum atomic E-state index is 6.26. The number of hydrogen-bond acceptors (Lipinski definition) is 0. The molecule has 0 heterocycles. The summed E-state index contributed by atoms with van der Waals surface area (Å²) in [5.41, 5.74) is 6.50. The summed E-state index contributed by atoms with van der Waals surface area (Å²) < 4.78 is 0. The van der Waals surface area contributed by atoms with Crippen LogP contribution in [0, 0.1) is 13.8 Å². The average Bonchev–Trinajstić information content (AvgIpc) is 2.57. The molecule has 0 bridgehead atoms. The number of aryl methyl sites for hydroxylation is 2. The Hall–Kier alpha value is -2.47. The zero-order valence-electron chi connectivity index (χ0n) is 13.9. The second kappa shape index (κ2) is 5.56. The van der Waals surface area contributed by atoms with Crippen LogP contribution >= 0.6 is 0 Å². The van der Waals surface area contributed by atoms with Crippen molar-refractivity contribution >= 4 is 48.2 Å². The standard InChI is InChI=1S/C22H16B2/c1-13-11-19(23)15-7-3-5-9-17(15)21(13)22-14(2)12-20(24)16-8-4-6-10-18(16)22/h3-12H,1-2H3. The third-order valence-electron chi connectivity index (χ3n) is 4.80. The molecule has 24 heavy (non-hydrogen) atoms. The lowest BCUT2D eigenvalue weighted by atomic mass is 9.79. The maximum Gasteiger partial charge on any atom is 0.114 e. The number of benzene rings is 4. The van der Waals surface area contributed by atoms with E-state index in [0.29, 0.717) is 0 Å². The van der Waals surface area contributed by atoms with Gasteiger partial charge in [-0.05, 0) is 57.6 Å². The van der Waals surface area contributed by atoms with E-state index in [2.05, 4.69) is 62.4 Å². The summed E-state index contributed by atoms with van der Waals surface area (Å²) in [6.07, 6.45) is 0. The smallest absolute Gasteiger partial charge is 0.0887 e. The van der Waals surface area contributed by atoms with Gasteiger partial charge in [-0.15, -0.1) is 0 Å². The van der Waals surface area contributed by atoms with Gasteiger partial charge in [0.25, 0.3) is 0 Å². The van der Waals surface area contributed by atoms with Gasteiger partial charge in [-0.25, -0.2) is 0 Å². The molecule has 0 atom stereocenters. The molecule has 4 rings (SSSR count). The van der Waals surface area contributed by atoms with Crippen LogP contribution in [0.15, 0.2) is 60.7 Å². The third-order valence-corrected chi connectivity index (χ3v) is 4.80. The summed E-state index contributed by atoms with van der Waals surface area (Å²) in [4.78, 5) is 0. The fourth-order valence-electron chi connectivity index (χ4n) is 3.76. The quantitative estimate of drug-likeness (QED) is 0.468. The van der Waals surface area contributed by atoms with Crippen LogP contribution in [0.5, 0.6) is 0 Å². The van der Waals surface area contributed by atoms with Gasteiger partial charge >= 0.3 is 0 Å². The largest absolute Gasteiger partial charge is 0.114 e. The Balaban J connectivity index is 2.23. The number of hydrogen-bond donors (Lipinski definition) is 0. The molecule has 0 aliphatic carbocycles. The molecule has 0 aliphatic heterocycles. The van der Waals surface area contributed by atoms with E-state index in [4.69, 9.17) is 15.7 Å². The van der Waals surface area contributed by atoms with Crippen molar-refractivity contribution in [3.63, 3.8) is 0 Å². The van der Waals surface area contributed by atoms with E-state index in [1.807, 2.05) is 12.1 Å². The summed E-state index contributed by atoms with van der Waals surface area (Å²) in [6.45, 7) is 4.26. The molecule has 4 radical (unpaired) electrons. The maximum absolute atomic E-state index is 6.26. The third kappa shape index (κ3) is 2.17. The predicted molar refractivity (Wildman–Crippen MR) is 107 cm³/mol. The number of rotatable bonds is 1. The van der Waals surface area contributed by atoms with E-state index in [9.17, 15) is 0 Å². The van der Waals surface area contributed by atoms with E-state index < -0.39 is 0 Å². The van der Waals surface area contributed by atoms with Crippen LogP contribution in [0.3, 0.4) is 0 Å².